The largest absolute Gasteiger partial charge is 0.492 e. The van der Waals surface area contributed by atoms with Crippen molar-refractivity contribution in [2.75, 3.05) is 38.7 Å². The Morgan fingerprint density at radius 1 is 1.09 bits per heavy atom. The van der Waals surface area contributed by atoms with Crippen LogP contribution in [0.15, 0.2) is 46.9 Å². The summed E-state index contributed by atoms with van der Waals surface area (Å²) in [6.45, 7) is 5.15. The van der Waals surface area contributed by atoms with Gasteiger partial charge in [-0.15, -0.1) is 0 Å². The highest BCUT2D eigenvalue weighted by Gasteiger charge is 2.27. The number of nitrogens with zero attached hydrogens (tertiary/aromatic N) is 2. The first kappa shape index (κ1) is 23.1. The smallest absolute Gasteiger partial charge is 0.291 e. The summed E-state index contributed by atoms with van der Waals surface area (Å²) in [5.41, 5.74) is 4.54. The van der Waals surface area contributed by atoms with Gasteiger partial charge in [-0.05, 0) is 49.2 Å². The minimum atomic E-state index is -0.590. The number of aryl methyl sites for hydroxylation is 1. The summed E-state index contributed by atoms with van der Waals surface area (Å²) in [6, 6.07) is 12.3. The summed E-state index contributed by atoms with van der Waals surface area (Å²) in [4.78, 5) is 28.4. The van der Waals surface area contributed by atoms with Crippen molar-refractivity contribution >= 4 is 28.5 Å². The number of hydrogen-bond donors (Lipinski definition) is 2. The highest BCUT2D eigenvalue weighted by atomic mass is 16.5. The molecule has 2 amide bonds. The number of nitrogens with one attached hydrogen (secondary N) is 1. The first-order valence-corrected chi connectivity index (χ1v) is 10.6. The molecule has 170 valence electrons. The standard InChI is InChI=1S/C24H29N3O5/c1-5-16-8-7-9-19-20(16)21(26(3)4)22(32-19)24(29)27(6-2)14-15-31-18-12-10-17(11-13-18)23(28)25-30/h7-13,30H,5-6,14-15H2,1-4H3,(H,25,28). The van der Waals surface area contributed by atoms with Crippen LogP contribution in [0.1, 0.15) is 40.3 Å². The molecule has 0 spiro atoms. The van der Waals surface area contributed by atoms with E-state index in [1.54, 1.807) is 34.6 Å². The summed E-state index contributed by atoms with van der Waals surface area (Å²) in [6.07, 6.45) is 0.843. The average Bonchev–Trinajstić information content (AvgIpc) is 3.21. The molecule has 2 aromatic carbocycles. The molecule has 0 fully saturated rings. The summed E-state index contributed by atoms with van der Waals surface area (Å²) in [5.74, 6) is 0.113. The monoisotopic (exact) mass is 439 g/mol. The van der Waals surface area contributed by atoms with Gasteiger partial charge >= 0.3 is 0 Å². The normalized spacial score (nSPS) is 10.8. The predicted octanol–water partition coefficient (Wildman–Crippen LogP) is 3.72. The van der Waals surface area contributed by atoms with Gasteiger partial charge in [-0.3, -0.25) is 14.8 Å². The van der Waals surface area contributed by atoms with E-state index in [9.17, 15) is 9.59 Å². The van der Waals surface area contributed by atoms with Gasteiger partial charge in [0.2, 0.25) is 5.76 Å². The molecule has 1 aromatic heterocycles. The molecule has 32 heavy (non-hydrogen) atoms. The van der Waals surface area contributed by atoms with Crippen LogP contribution in [0.25, 0.3) is 11.0 Å². The van der Waals surface area contributed by atoms with Crippen LogP contribution in [0, 0.1) is 0 Å². The van der Waals surface area contributed by atoms with E-state index in [4.69, 9.17) is 14.4 Å². The number of likely N-dealkylation sites (N-methyl/N-ethyl adjacent to an activating group) is 1. The molecule has 0 aliphatic heterocycles. The number of carbonyl (C=O) groups excluding carboxylic acids is 2. The molecule has 0 saturated heterocycles. The van der Waals surface area contributed by atoms with Gasteiger partial charge in [0.25, 0.3) is 11.8 Å². The van der Waals surface area contributed by atoms with Gasteiger partial charge in [-0.25, -0.2) is 5.48 Å². The molecule has 0 aliphatic rings. The Morgan fingerprint density at radius 3 is 2.41 bits per heavy atom. The Morgan fingerprint density at radius 2 is 1.81 bits per heavy atom. The number of furan rings is 1. The van der Waals surface area contributed by atoms with E-state index in [1.807, 2.05) is 38.1 Å². The lowest BCUT2D eigenvalue weighted by Crippen LogP contribution is -2.35. The Kier molecular flexibility index (Phi) is 7.37. The molecule has 0 radical (unpaired) electrons. The van der Waals surface area contributed by atoms with Crippen molar-refractivity contribution < 1.29 is 24.0 Å². The van der Waals surface area contributed by atoms with Gasteiger partial charge in [0.05, 0.1) is 12.2 Å². The van der Waals surface area contributed by atoms with Crippen molar-refractivity contribution in [1.82, 2.24) is 10.4 Å². The number of amides is 2. The van der Waals surface area contributed by atoms with Crippen molar-refractivity contribution in [2.45, 2.75) is 20.3 Å². The Bertz CT molecular complexity index is 1090. The van der Waals surface area contributed by atoms with Gasteiger partial charge in [-0.2, -0.15) is 0 Å². The van der Waals surface area contributed by atoms with Crippen LogP contribution in [0.3, 0.4) is 0 Å². The second-order valence-electron chi connectivity index (χ2n) is 7.52. The number of ether oxygens (including phenoxy) is 1. The van der Waals surface area contributed by atoms with Gasteiger partial charge in [-0.1, -0.05) is 19.1 Å². The lowest BCUT2D eigenvalue weighted by atomic mass is 10.1. The zero-order valence-corrected chi connectivity index (χ0v) is 18.8. The quantitative estimate of drug-likeness (QED) is 0.390. The molecule has 0 unspecified atom stereocenters. The number of anilines is 1. The van der Waals surface area contributed by atoms with Crippen LogP contribution in [0.2, 0.25) is 0 Å². The first-order valence-electron chi connectivity index (χ1n) is 10.6. The topological polar surface area (TPSA) is 95.2 Å². The Labute approximate surface area is 187 Å². The molecule has 8 heteroatoms. The lowest BCUT2D eigenvalue weighted by molar-refractivity contribution is 0.0701. The number of benzene rings is 2. The molecule has 3 rings (SSSR count). The number of rotatable bonds is 9. The zero-order chi connectivity index (χ0) is 23.3. The minimum Gasteiger partial charge on any atom is -0.492 e. The van der Waals surface area contributed by atoms with Gasteiger partial charge in [0.1, 0.15) is 17.9 Å². The second kappa shape index (κ2) is 10.2. The fourth-order valence-electron chi connectivity index (χ4n) is 3.66. The first-order chi connectivity index (χ1) is 15.4. The van der Waals surface area contributed by atoms with Crippen molar-refractivity contribution in [3.05, 3.63) is 59.4 Å². The van der Waals surface area contributed by atoms with Crippen LogP contribution in [0.4, 0.5) is 5.69 Å². The molecule has 3 aromatic rings. The molecule has 0 saturated carbocycles. The van der Waals surface area contributed by atoms with Gasteiger partial charge in [0, 0.05) is 31.6 Å². The van der Waals surface area contributed by atoms with E-state index >= 15 is 0 Å². The predicted molar refractivity (Wildman–Crippen MR) is 123 cm³/mol. The van der Waals surface area contributed by atoms with Crippen molar-refractivity contribution in [1.29, 1.82) is 0 Å². The van der Waals surface area contributed by atoms with Gasteiger partial charge < -0.3 is 19.0 Å². The molecule has 2 N–H and O–H groups in total. The molecule has 0 aliphatic carbocycles. The molecule has 8 nitrogen and oxygen atoms in total. The van der Waals surface area contributed by atoms with Crippen molar-refractivity contribution in [3.63, 3.8) is 0 Å². The van der Waals surface area contributed by atoms with E-state index in [0.29, 0.717) is 35.7 Å². The summed E-state index contributed by atoms with van der Waals surface area (Å²) < 4.78 is 11.8. The molecular formula is C24H29N3O5. The van der Waals surface area contributed by atoms with E-state index in [2.05, 4.69) is 13.0 Å². The van der Waals surface area contributed by atoms with Gasteiger partial charge in [0.15, 0.2) is 0 Å². The maximum Gasteiger partial charge on any atom is 0.291 e. The maximum atomic E-state index is 13.3. The van der Waals surface area contributed by atoms with Crippen LogP contribution in [-0.2, 0) is 6.42 Å². The molecule has 0 atom stereocenters. The summed E-state index contributed by atoms with van der Waals surface area (Å²) in [7, 11) is 3.82. The zero-order valence-electron chi connectivity index (χ0n) is 18.8. The van der Waals surface area contributed by atoms with Crippen molar-refractivity contribution in [3.8, 4) is 5.75 Å². The SMILES string of the molecule is CCc1cccc2oc(C(=O)N(CC)CCOc3ccc(C(=O)NO)cc3)c(N(C)C)c12. The highest BCUT2D eigenvalue weighted by molar-refractivity contribution is 6.07. The van der Waals surface area contributed by atoms with E-state index in [1.165, 1.54) is 0 Å². The number of fused-ring (bicyclic) bond motifs is 1. The second-order valence-corrected chi connectivity index (χ2v) is 7.52. The number of hydrogen-bond acceptors (Lipinski definition) is 6. The fourth-order valence-corrected chi connectivity index (χ4v) is 3.66. The molecule has 0 bridgehead atoms. The number of hydroxylamine groups is 1. The average molecular weight is 440 g/mol. The van der Waals surface area contributed by atoms with Crippen molar-refractivity contribution in [2.24, 2.45) is 0 Å². The fraction of sp³-hybridized carbons (Fsp3) is 0.333. The van der Waals surface area contributed by atoms with Crippen LogP contribution >= 0.6 is 0 Å². The third-order valence-corrected chi connectivity index (χ3v) is 5.32. The summed E-state index contributed by atoms with van der Waals surface area (Å²) in [5, 5.41) is 9.66. The van der Waals surface area contributed by atoms with Crippen LogP contribution in [0.5, 0.6) is 5.75 Å². The summed E-state index contributed by atoms with van der Waals surface area (Å²) >= 11 is 0. The Balaban J connectivity index is 1.75. The lowest BCUT2D eigenvalue weighted by Gasteiger charge is -2.22. The molecule has 1 heterocycles. The molecular weight excluding hydrogens is 410 g/mol. The third-order valence-electron chi connectivity index (χ3n) is 5.32. The van der Waals surface area contributed by atoms with E-state index in [-0.39, 0.29) is 12.5 Å². The van der Waals surface area contributed by atoms with Crippen LogP contribution < -0.4 is 15.1 Å². The third kappa shape index (κ3) is 4.70. The van der Waals surface area contributed by atoms with Crippen LogP contribution in [-0.4, -0.2) is 55.7 Å². The van der Waals surface area contributed by atoms with E-state index in [0.717, 1.165) is 23.1 Å². The number of carbonyl (C=O) groups is 2. The minimum absolute atomic E-state index is 0.187. The maximum absolute atomic E-state index is 13.3. The highest BCUT2D eigenvalue weighted by Crippen LogP contribution is 2.36. The Hall–Kier alpha value is -3.52. The van der Waals surface area contributed by atoms with E-state index < -0.39 is 5.91 Å².